The molecule has 0 radical (unpaired) electrons. The second-order valence-corrected chi connectivity index (χ2v) is 5.26. The molecule has 21 heavy (non-hydrogen) atoms. The summed E-state index contributed by atoms with van der Waals surface area (Å²) in [5.74, 6) is -1.64. The molecule has 2 heterocycles. The molecule has 0 spiro atoms. The van der Waals surface area contributed by atoms with E-state index >= 15 is 0 Å². The van der Waals surface area contributed by atoms with Crippen molar-refractivity contribution in [2.45, 2.75) is 6.54 Å². The third-order valence-electron chi connectivity index (χ3n) is 2.84. The van der Waals surface area contributed by atoms with Crippen molar-refractivity contribution < 1.29 is 19.4 Å². The van der Waals surface area contributed by atoms with Crippen molar-refractivity contribution in [2.75, 3.05) is 20.3 Å². The number of H-pyrrole nitrogens is 1. The Morgan fingerprint density at radius 1 is 1.52 bits per heavy atom. The first-order chi connectivity index (χ1) is 10.1. The largest absolute Gasteiger partial charge is 0.477 e. The predicted molar refractivity (Wildman–Crippen MR) is 76.5 cm³/mol. The van der Waals surface area contributed by atoms with Crippen molar-refractivity contribution in [3.63, 3.8) is 0 Å². The van der Waals surface area contributed by atoms with Crippen LogP contribution in [-0.2, 0) is 11.3 Å². The van der Waals surface area contributed by atoms with Crippen LogP contribution in [-0.4, -0.2) is 52.1 Å². The standard InChI is InChI=1S/C13H15N3O4S/c1-20-5-4-16(7-9-3-2-6-21-9)12(17)10-11(13(18)19)15-8-14-10/h2-3,6,8H,4-5,7H2,1H3,(H,14,15)(H,18,19). The fraction of sp³-hybridized carbons (Fsp3) is 0.308. The molecular formula is C13H15N3O4S. The lowest BCUT2D eigenvalue weighted by molar-refractivity contribution is 0.0641. The molecule has 112 valence electrons. The smallest absolute Gasteiger partial charge is 0.354 e. The number of hydrogen-bond acceptors (Lipinski definition) is 5. The van der Waals surface area contributed by atoms with Crippen LogP contribution in [0.5, 0.6) is 0 Å². The normalized spacial score (nSPS) is 10.5. The predicted octanol–water partition coefficient (Wildman–Crippen LogP) is 1.46. The first kappa shape index (κ1) is 15.2. The lowest BCUT2D eigenvalue weighted by atomic mass is 10.2. The number of imidazole rings is 1. The molecule has 2 rings (SSSR count). The molecular weight excluding hydrogens is 294 g/mol. The summed E-state index contributed by atoms with van der Waals surface area (Å²) in [5, 5.41) is 11.0. The van der Waals surface area contributed by atoms with Crippen LogP contribution in [0.4, 0.5) is 0 Å². The number of aromatic nitrogens is 2. The molecule has 0 atom stereocenters. The Kier molecular flexibility index (Phi) is 5.07. The molecule has 0 aliphatic heterocycles. The fourth-order valence-electron chi connectivity index (χ4n) is 1.81. The van der Waals surface area contributed by atoms with Gasteiger partial charge in [0, 0.05) is 18.5 Å². The highest BCUT2D eigenvalue weighted by atomic mass is 32.1. The van der Waals surface area contributed by atoms with Gasteiger partial charge in [-0.15, -0.1) is 11.3 Å². The van der Waals surface area contributed by atoms with Gasteiger partial charge >= 0.3 is 5.97 Å². The molecule has 0 bridgehead atoms. The van der Waals surface area contributed by atoms with Gasteiger partial charge in [0.25, 0.3) is 5.91 Å². The van der Waals surface area contributed by atoms with Gasteiger partial charge in [-0.25, -0.2) is 9.78 Å². The van der Waals surface area contributed by atoms with Gasteiger partial charge in [0.1, 0.15) is 0 Å². The number of aromatic amines is 1. The Balaban J connectivity index is 2.20. The maximum Gasteiger partial charge on any atom is 0.354 e. The minimum atomic E-state index is -1.21. The molecule has 0 aliphatic rings. The van der Waals surface area contributed by atoms with Crippen molar-refractivity contribution in [1.29, 1.82) is 0 Å². The number of amides is 1. The van der Waals surface area contributed by atoms with Crippen LogP contribution in [0, 0.1) is 0 Å². The second kappa shape index (κ2) is 7.00. The molecule has 0 fully saturated rings. The third-order valence-corrected chi connectivity index (χ3v) is 3.70. The number of carbonyl (C=O) groups excluding carboxylic acids is 1. The molecule has 0 saturated heterocycles. The number of methoxy groups -OCH3 is 1. The van der Waals surface area contributed by atoms with E-state index in [0.29, 0.717) is 19.7 Å². The summed E-state index contributed by atoms with van der Waals surface area (Å²) >= 11 is 1.53. The number of carboxylic acids is 1. The summed E-state index contributed by atoms with van der Waals surface area (Å²) in [4.78, 5) is 32.4. The summed E-state index contributed by atoms with van der Waals surface area (Å²) in [5.41, 5.74) is -0.288. The van der Waals surface area contributed by atoms with Crippen LogP contribution in [0.1, 0.15) is 25.9 Å². The van der Waals surface area contributed by atoms with E-state index < -0.39 is 11.9 Å². The quantitative estimate of drug-likeness (QED) is 0.807. The first-order valence-electron chi connectivity index (χ1n) is 6.20. The van der Waals surface area contributed by atoms with Gasteiger partial charge in [0.15, 0.2) is 11.4 Å². The van der Waals surface area contributed by atoms with Crippen LogP contribution < -0.4 is 0 Å². The van der Waals surface area contributed by atoms with Crippen molar-refractivity contribution in [3.8, 4) is 0 Å². The van der Waals surface area contributed by atoms with Crippen molar-refractivity contribution in [2.24, 2.45) is 0 Å². The Morgan fingerprint density at radius 3 is 2.95 bits per heavy atom. The topological polar surface area (TPSA) is 95.5 Å². The number of thiophene rings is 1. The minimum absolute atomic E-state index is 0.0878. The van der Waals surface area contributed by atoms with Gasteiger partial charge in [-0.2, -0.15) is 0 Å². The Labute approximate surface area is 125 Å². The summed E-state index contributed by atoms with van der Waals surface area (Å²) < 4.78 is 5.00. The van der Waals surface area contributed by atoms with E-state index in [4.69, 9.17) is 9.84 Å². The molecule has 8 heteroatoms. The fourth-order valence-corrected chi connectivity index (χ4v) is 2.53. The van der Waals surface area contributed by atoms with Gasteiger partial charge in [0.2, 0.25) is 0 Å². The number of carboxylic acid groups (broad SMARTS) is 1. The van der Waals surface area contributed by atoms with Gasteiger partial charge in [-0.1, -0.05) is 6.07 Å². The van der Waals surface area contributed by atoms with Crippen LogP contribution in [0.2, 0.25) is 0 Å². The number of hydrogen-bond donors (Lipinski definition) is 2. The van der Waals surface area contributed by atoms with E-state index in [9.17, 15) is 9.59 Å². The van der Waals surface area contributed by atoms with E-state index in [1.807, 2.05) is 17.5 Å². The maximum atomic E-state index is 12.5. The lowest BCUT2D eigenvalue weighted by Crippen LogP contribution is -2.34. The number of rotatable bonds is 7. The summed E-state index contributed by atoms with van der Waals surface area (Å²) in [6, 6.07) is 3.82. The molecule has 0 aliphatic carbocycles. The van der Waals surface area contributed by atoms with E-state index in [1.165, 1.54) is 22.6 Å². The summed E-state index contributed by atoms with van der Waals surface area (Å²) in [6.07, 6.45) is 1.20. The molecule has 2 N–H and O–H groups in total. The molecule has 1 amide bonds. The Morgan fingerprint density at radius 2 is 2.33 bits per heavy atom. The highest BCUT2D eigenvalue weighted by Crippen LogP contribution is 2.15. The van der Waals surface area contributed by atoms with E-state index in [-0.39, 0.29) is 11.4 Å². The second-order valence-electron chi connectivity index (χ2n) is 4.23. The SMILES string of the molecule is COCCN(Cc1cccs1)C(=O)c1nc[nH]c1C(=O)O. The third kappa shape index (κ3) is 3.67. The maximum absolute atomic E-state index is 12.5. The van der Waals surface area contributed by atoms with Crippen LogP contribution in [0.25, 0.3) is 0 Å². The average Bonchev–Trinajstić information content (AvgIpc) is 3.13. The zero-order valence-electron chi connectivity index (χ0n) is 11.4. The van der Waals surface area contributed by atoms with Crippen LogP contribution in [0.3, 0.4) is 0 Å². The molecule has 0 aromatic carbocycles. The van der Waals surface area contributed by atoms with Crippen LogP contribution in [0.15, 0.2) is 23.8 Å². The van der Waals surface area contributed by atoms with Gasteiger partial charge in [-0.3, -0.25) is 4.79 Å². The average molecular weight is 309 g/mol. The highest BCUT2D eigenvalue weighted by molar-refractivity contribution is 7.09. The number of nitrogens with zero attached hydrogens (tertiary/aromatic N) is 2. The zero-order chi connectivity index (χ0) is 15.2. The first-order valence-corrected chi connectivity index (χ1v) is 7.08. The van der Waals surface area contributed by atoms with Crippen molar-refractivity contribution in [1.82, 2.24) is 14.9 Å². The summed E-state index contributed by atoms with van der Waals surface area (Å²) in [7, 11) is 1.55. The van der Waals surface area contributed by atoms with Gasteiger partial charge < -0.3 is 19.7 Å². The van der Waals surface area contributed by atoms with Crippen LogP contribution >= 0.6 is 11.3 Å². The summed E-state index contributed by atoms with van der Waals surface area (Å²) in [6.45, 7) is 1.12. The Bertz CT molecular complexity index is 609. The number of aromatic carboxylic acids is 1. The van der Waals surface area contributed by atoms with E-state index in [0.717, 1.165) is 4.88 Å². The van der Waals surface area contributed by atoms with Crippen molar-refractivity contribution in [3.05, 3.63) is 40.1 Å². The highest BCUT2D eigenvalue weighted by Gasteiger charge is 2.24. The lowest BCUT2D eigenvalue weighted by Gasteiger charge is -2.21. The molecule has 2 aromatic rings. The monoisotopic (exact) mass is 309 g/mol. The molecule has 0 saturated carbocycles. The van der Waals surface area contributed by atoms with E-state index in [2.05, 4.69) is 9.97 Å². The number of nitrogens with one attached hydrogen (secondary N) is 1. The molecule has 2 aromatic heterocycles. The molecule has 0 unspecified atom stereocenters. The zero-order valence-corrected chi connectivity index (χ0v) is 12.2. The number of ether oxygens (including phenoxy) is 1. The van der Waals surface area contributed by atoms with Gasteiger partial charge in [0.05, 0.1) is 19.5 Å². The van der Waals surface area contributed by atoms with Crippen molar-refractivity contribution >= 4 is 23.2 Å². The molecule has 7 nitrogen and oxygen atoms in total. The number of carbonyl (C=O) groups is 2. The Hall–Kier alpha value is -2.19. The minimum Gasteiger partial charge on any atom is -0.477 e. The van der Waals surface area contributed by atoms with E-state index in [1.54, 1.807) is 7.11 Å². The van der Waals surface area contributed by atoms with Gasteiger partial charge in [-0.05, 0) is 11.4 Å².